The Morgan fingerprint density at radius 1 is 1.33 bits per heavy atom. The molecule has 0 bridgehead atoms. The molecule has 2 rings (SSSR count). The first kappa shape index (κ1) is 12.2. The summed E-state index contributed by atoms with van der Waals surface area (Å²) in [6.45, 7) is 2.65. The Labute approximate surface area is 107 Å². The summed E-state index contributed by atoms with van der Waals surface area (Å²) in [6.07, 6.45) is 1.77. The highest BCUT2D eigenvalue weighted by molar-refractivity contribution is 5.50. The van der Waals surface area contributed by atoms with Gasteiger partial charge in [-0.25, -0.2) is 4.98 Å². The standard InChI is InChI=1S/C14H17N3O/c1-10-4-3-7-16-14(10)17-9-11-8-12(15)5-6-13(11)18-2/h3-8H,9,15H2,1-2H3,(H,16,17). The predicted molar refractivity (Wildman–Crippen MR) is 73.7 cm³/mol. The van der Waals surface area contributed by atoms with Crippen LogP contribution >= 0.6 is 0 Å². The number of anilines is 2. The largest absolute Gasteiger partial charge is 0.496 e. The van der Waals surface area contributed by atoms with Crippen LogP contribution in [-0.4, -0.2) is 12.1 Å². The van der Waals surface area contributed by atoms with Gasteiger partial charge in [-0.15, -0.1) is 0 Å². The lowest BCUT2D eigenvalue weighted by molar-refractivity contribution is 0.410. The van der Waals surface area contributed by atoms with E-state index in [9.17, 15) is 0 Å². The number of pyridine rings is 1. The molecule has 4 nitrogen and oxygen atoms in total. The number of hydrogen-bond acceptors (Lipinski definition) is 4. The fraction of sp³-hybridized carbons (Fsp3) is 0.214. The second-order valence-electron chi connectivity index (χ2n) is 4.09. The molecule has 0 amide bonds. The fourth-order valence-corrected chi connectivity index (χ4v) is 1.79. The van der Waals surface area contributed by atoms with Crippen molar-refractivity contribution in [1.82, 2.24) is 4.98 Å². The third-order valence-corrected chi connectivity index (χ3v) is 2.76. The minimum absolute atomic E-state index is 0.631. The van der Waals surface area contributed by atoms with Gasteiger partial charge in [0.25, 0.3) is 0 Å². The Bertz CT molecular complexity index is 540. The summed E-state index contributed by atoms with van der Waals surface area (Å²) in [4.78, 5) is 4.29. The summed E-state index contributed by atoms with van der Waals surface area (Å²) in [5.74, 6) is 1.70. The van der Waals surface area contributed by atoms with E-state index in [1.807, 2.05) is 37.3 Å². The second kappa shape index (κ2) is 5.40. The summed E-state index contributed by atoms with van der Waals surface area (Å²) in [5, 5.41) is 3.28. The smallest absolute Gasteiger partial charge is 0.129 e. The zero-order chi connectivity index (χ0) is 13.0. The van der Waals surface area contributed by atoms with Crippen molar-refractivity contribution in [3.05, 3.63) is 47.7 Å². The second-order valence-corrected chi connectivity index (χ2v) is 4.09. The van der Waals surface area contributed by atoms with Crippen molar-refractivity contribution >= 4 is 11.5 Å². The molecule has 0 atom stereocenters. The molecule has 0 unspecified atom stereocenters. The van der Waals surface area contributed by atoms with Crippen LogP contribution < -0.4 is 15.8 Å². The molecule has 1 aromatic carbocycles. The minimum atomic E-state index is 0.631. The molecule has 0 fully saturated rings. The molecule has 18 heavy (non-hydrogen) atoms. The van der Waals surface area contributed by atoms with Crippen LogP contribution in [0, 0.1) is 6.92 Å². The van der Waals surface area contributed by atoms with Crippen LogP contribution in [0.2, 0.25) is 0 Å². The van der Waals surface area contributed by atoms with Crippen molar-refractivity contribution in [2.45, 2.75) is 13.5 Å². The number of rotatable bonds is 4. The van der Waals surface area contributed by atoms with Crippen molar-refractivity contribution < 1.29 is 4.74 Å². The third kappa shape index (κ3) is 2.71. The topological polar surface area (TPSA) is 60.2 Å². The predicted octanol–water partition coefficient (Wildman–Crippen LogP) is 2.59. The normalized spacial score (nSPS) is 10.1. The van der Waals surface area contributed by atoms with Gasteiger partial charge in [-0.2, -0.15) is 0 Å². The van der Waals surface area contributed by atoms with Crippen LogP contribution in [0.15, 0.2) is 36.5 Å². The number of nitrogens with two attached hydrogens (primary N) is 1. The first-order chi connectivity index (χ1) is 8.70. The molecule has 0 saturated carbocycles. The SMILES string of the molecule is COc1ccc(N)cc1CNc1ncccc1C. The average molecular weight is 243 g/mol. The Morgan fingerprint density at radius 2 is 2.17 bits per heavy atom. The molecular weight excluding hydrogens is 226 g/mol. The monoisotopic (exact) mass is 243 g/mol. The molecule has 0 radical (unpaired) electrons. The molecule has 94 valence electrons. The molecule has 0 aliphatic rings. The number of hydrogen-bond donors (Lipinski definition) is 2. The number of ether oxygens (including phenoxy) is 1. The van der Waals surface area contributed by atoms with E-state index in [4.69, 9.17) is 10.5 Å². The van der Waals surface area contributed by atoms with E-state index < -0.39 is 0 Å². The molecule has 1 aromatic heterocycles. The highest BCUT2D eigenvalue weighted by Crippen LogP contribution is 2.22. The molecule has 4 heteroatoms. The van der Waals surface area contributed by atoms with Crippen molar-refractivity contribution in [1.29, 1.82) is 0 Å². The van der Waals surface area contributed by atoms with Crippen molar-refractivity contribution in [2.75, 3.05) is 18.2 Å². The number of nitrogens with zero attached hydrogens (tertiary/aromatic N) is 1. The van der Waals surface area contributed by atoms with E-state index in [-0.39, 0.29) is 0 Å². The average Bonchev–Trinajstić information content (AvgIpc) is 2.38. The highest BCUT2D eigenvalue weighted by Gasteiger charge is 2.04. The number of nitrogens with one attached hydrogen (secondary N) is 1. The summed E-state index contributed by atoms with van der Waals surface area (Å²) >= 11 is 0. The van der Waals surface area contributed by atoms with E-state index in [0.717, 1.165) is 28.4 Å². The zero-order valence-electron chi connectivity index (χ0n) is 10.6. The Balaban J connectivity index is 2.15. The summed E-state index contributed by atoms with van der Waals surface area (Å²) < 4.78 is 5.30. The molecule has 0 aliphatic heterocycles. The van der Waals surface area contributed by atoms with Gasteiger partial charge in [0.1, 0.15) is 11.6 Å². The summed E-state index contributed by atoms with van der Waals surface area (Å²) in [5.41, 5.74) is 8.64. The van der Waals surface area contributed by atoms with E-state index >= 15 is 0 Å². The minimum Gasteiger partial charge on any atom is -0.496 e. The molecule has 1 heterocycles. The van der Waals surface area contributed by atoms with Crippen LogP contribution in [0.25, 0.3) is 0 Å². The van der Waals surface area contributed by atoms with Gasteiger partial charge in [-0.1, -0.05) is 6.07 Å². The summed E-state index contributed by atoms with van der Waals surface area (Å²) in [6, 6.07) is 9.55. The van der Waals surface area contributed by atoms with Gasteiger partial charge < -0.3 is 15.8 Å². The van der Waals surface area contributed by atoms with Gasteiger partial charge in [0.2, 0.25) is 0 Å². The number of methoxy groups -OCH3 is 1. The first-order valence-corrected chi connectivity index (χ1v) is 5.78. The molecule has 0 saturated heterocycles. The van der Waals surface area contributed by atoms with Gasteiger partial charge in [0.05, 0.1) is 7.11 Å². The fourth-order valence-electron chi connectivity index (χ4n) is 1.79. The summed E-state index contributed by atoms with van der Waals surface area (Å²) in [7, 11) is 1.65. The molecule has 0 spiro atoms. The molecule has 0 aliphatic carbocycles. The maximum Gasteiger partial charge on any atom is 0.129 e. The van der Waals surface area contributed by atoms with Gasteiger partial charge in [0, 0.05) is 24.0 Å². The lowest BCUT2D eigenvalue weighted by atomic mass is 10.1. The molecule has 2 aromatic rings. The maximum absolute atomic E-state index is 5.78. The van der Waals surface area contributed by atoms with Crippen molar-refractivity contribution in [3.63, 3.8) is 0 Å². The van der Waals surface area contributed by atoms with E-state index in [1.165, 1.54) is 0 Å². The maximum atomic E-state index is 5.78. The molecular formula is C14H17N3O. The number of nitrogen functional groups attached to an aromatic ring is 1. The van der Waals surface area contributed by atoms with E-state index in [2.05, 4.69) is 10.3 Å². The number of aryl methyl sites for hydroxylation is 1. The van der Waals surface area contributed by atoms with Crippen molar-refractivity contribution in [2.24, 2.45) is 0 Å². The van der Waals surface area contributed by atoms with Crippen LogP contribution in [-0.2, 0) is 6.54 Å². The van der Waals surface area contributed by atoms with Gasteiger partial charge >= 0.3 is 0 Å². The van der Waals surface area contributed by atoms with Gasteiger partial charge in [-0.05, 0) is 36.8 Å². The lowest BCUT2D eigenvalue weighted by Gasteiger charge is -2.12. The van der Waals surface area contributed by atoms with Crippen LogP contribution in [0.1, 0.15) is 11.1 Å². The Kier molecular flexibility index (Phi) is 3.67. The van der Waals surface area contributed by atoms with E-state index in [1.54, 1.807) is 13.3 Å². The number of benzene rings is 1. The Morgan fingerprint density at radius 3 is 2.89 bits per heavy atom. The van der Waals surface area contributed by atoms with Gasteiger partial charge in [0.15, 0.2) is 0 Å². The zero-order valence-corrected chi connectivity index (χ0v) is 10.6. The van der Waals surface area contributed by atoms with Crippen LogP contribution in [0.5, 0.6) is 5.75 Å². The number of aromatic nitrogens is 1. The lowest BCUT2D eigenvalue weighted by Crippen LogP contribution is -2.05. The van der Waals surface area contributed by atoms with E-state index in [0.29, 0.717) is 6.54 Å². The van der Waals surface area contributed by atoms with Crippen LogP contribution in [0.4, 0.5) is 11.5 Å². The van der Waals surface area contributed by atoms with Gasteiger partial charge in [-0.3, -0.25) is 0 Å². The highest BCUT2D eigenvalue weighted by atomic mass is 16.5. The molecule has 3 N–H and O–H groups in total. The quantitative estimate of drug-likeness (QED) is 0.810. The van der Waals surface area contributed by atoms with Crippen LogP contribution in [0.3, 0.4) is 0 Å². The first-order valence-electron chi connectivity index (χ1n) is 5.78. The van der Waals surface area contributed by atoms with Crippen molar-refractivity contribution in [3.8, 4) is 5.75 Å². The Hall–Kier alpha value is -2.23. The third-order valence-electron chi connectivity index (χ3n) is 2.76.